The second-order valence-corrected chi connectivity index (χ2v) is 3.99. The third-order valence-electron chi connectivity index (χ3n) is 1.53. The van der Waals surface area contributed by atoms with Crippen LogP contribution in [0.1, 0.15) is 20.8 Å². The third-order valence-corrected chi connectivity index (χ3v) is 1.53. The first-order chi connectivity index (χ1) is 5.81. The van der Waals surface area contributed by atoms with Crippen molar-refractivity contribution in [3.8, 4) is 0 Å². The number of amides is 1. The molecule has 0 saturated carbocycles. The first-order valence-electron chi connectivity index (χ1n) is 4.04. The van der Waals surface area contributed by atoms with Crippen LogP contribution in [0.25, 0.3) is 0 Å². The molecule has 1 rings (SSSR count). The van der Waals surface area contributed by atoms with Gasteiger partial charge in [-0.1, -0.05) is 0 Å². The molecule has 1 saturated heterocycles. The summed E-state index contributed by atoms with van der Waals surface area (Å²) in [5.74, 6) is -0.981. The average Bonchev–Trinajstić information content (AvgIpc) is 2.58. The van der Waals surface area contributed by atoms with E-state index in [4.69, 9.17) is 9.84 Å². The molecule has 1 heterocycles. The number of carboxylic acid groups (broad SMARTS) is 1. The van der Waals surface area contributed by atoms with Gasteiger partial charge in [0.1, 0.15) is 5.60 Å². The van der Waals surface area contributed by atoms with E-state index in [1.165, 1.54) is 4.90 Å². The molecule has 0 aromatic carbocycles. The van der Waals surface area contributed by atoms with Gasteiger partial charge < -0.3 is 9.84 Å². The monoisotopic (exact) mass is 194 g/mol. The van der Waals surface area contributed by atoms with Gasteiger partial charge in [0.15, 0.2) is 6.04 Å². The Labute approximate surface area is 94.6 Å². The number of nitrogens with zero attached hydrogens (tertiary/aromatic N) is 1. The van der Waals surface area contributed by atoms with Gasteiger partial charge in [-0.2, -0.15) is 0 Å². The van der Waals surface area contributed by atoms with Crippen molar-refractivity contribution in [2.45, 2.75) is 32.4 Å². The van der Waals surface area contributed by atoms with E-state index < -0.39 is 23.7 Å². The molecule has 6 heteroatoms. The van der Waals surface area contributed by atoms with Gasteiger partial charge >= 0.3 is 12.1 Å². The molecule has 0 aromatic rings. The van der Waals surface area contributed by atoms with Gasteiger partial charge in [-0.3, -0.25) is 4.90 Å². The number of hydrogen-bond donors (Lipinski definition) is 1. The van der Waals surface area contributed by atoms with Crippen LogP contribution >= 0.6 is 0 Å². The summed E-state index contributed by atoms with van der Waals surface area (Å²) in [4.78, 5) is 22.7. The Kier molecular flexibility index (Phi) is 4.04. The Bertz CT molecular complexity index is 248. The summed E-state index contributed by atoms with van der Waals surface area (Å²) in [7, 11) is 0. The quantitative estimate of drug-likeness (QED) is 0.482. The topological polar surface area (TPSA) is 66.6 Å². The van der Waals surface area contributed by atoms with Gasteiger partial charge in [-0.25, -0.2) is 9.59 Å². The molecule has 1 fully saturated rings. The minimum atomic E-state index is -0.981. The van der Waals surface area contributed by atoms with Crippen molar-refractivity contribution in [2.75, 3.05) is 6.54 Å². The van der Waals surface area contributed by atoms with Gasteiger partial charge in [0.25, 0.3) is 0 Å². The van der Waals surface area contributed by atoms with E-state index in [9.17, 15) is 9.59 Å². The van der Waals surface area contributed by atoms with Crippen LogP contribution in [0.2, 0.25) is 0 Å². The number of carboxylic acids is 1. The smallest absolute Gasteiger partial charge is 0.411 e. The summed E-state index contributed by atoms with van der Waals surface area (Å²) >= 11 is 0. The summed E-state index contributed by atoms with van der Waals surface area (Å²) in [5.41, 5.74) is -0.567. The van der Waals surface area contributed by atoms with Gasteiger partial charge in [0.05, 0.1) is 6.54 Å². The van der Waals surface area contributed by atoms with Crippen LogP contribution in [0.5, 0.6) is 0 Å². The molecule has 0 bridgehead atoms. The maximum Gasteiger partial charge on any atom is 0.411 e. The van der Waals surface area contributed by atoms with Crippen LogP contribution in [-0.2, 0) is 9.53 Å². The SMILES string of the molecule is CC(C)(C)OC(=O)N1CC1C(=O)O.[Li]. The zero-order chi connectivity index (χ0) is 10.2. The molecule has 1 N–H and O–H groups in total. The van der Waals surface area contributed by atoms with Crippen LogP contribution in [0, 0.1) is 0 Å². The second-order valence-electron chi connectivity index (χ2n) is 3.99. The van der Waals surface area contributed by atoms with Crippen molar-refractivity contribution in [1.82, 2.24) is 4.90 Å². The minimum absolute atomic E-state index is 0. The number of rotatable bonds is 1. The summed E-state index contributed by atoms with van der Waals surface area (Å²) in [6.07, 6.45) is -0.556. The molecule has 1 radical (unpaired) electrons. The summed E-state index contributed by atoms with van der Waals surface area (Å²) in [5, 5.41) is 8.52. The fraction of sp³-hybridized carbons (Fsp3) is 0.750. The molecule has 0 aromatic heterocycles. The van der Waals surface area contributed by atoms with Crippen LogP contribution < -0.4 is 0 Å². The van der Waals surface area contributed by atoms with Crippen molar-refractivity contribution >= 4 is 30.9 Å². The van der Waals surface area contributed by atoms with E-state index in [0.717, 1.165) is 0 Å². The average molecular weight is 194 g/mol. The molecular formula is C8H13LiNO4. The first kappa shape index (κ1) is 13.3. The van der Waals surface area contributed by atoms with Crippen molar-refractivity contribution in [3.63, 3.8) is 0 Å². The molecule has 14 heavy (non-hydrogen) atoms. The van der Waals surface area contributed by atoms with Gasteiger partial charge in [-0.15, -0.1) is 0 Å². The Balaban J connectivity index is 0.00000169. The second kappa shape index (κ2) is 4.24. The van der Waals surface area contributed by atoms with Crippen LogP contribution in [0.15, 0.2) is 0 Å². The number of carbonyl (C=O) groups excluding carboxylic acids is 1. The standard InChI is InChI=1S/C8H13NO4.Li/c1-8(2,3)13-7(12)9-4-5(9)6(10)11;/h5H,4H2,1-3H3,(H,10,11);. The molecular weight excluding hydrogens is 181 g/mol. The van der Waals surface area contributed by atoms with Crippen LogP contribution in [0.4, 0.5) is 4.79 Å². The maximum atomic E-state index is 11.2. The van der Waals surface area contributed by atoms with Gasteiger partial charge in [-0.05, 0) is 20.8 Å². The molecule has 1 aliphatic heterocycles. The molecule has 5 nitrogen and oxygen atoms in total. The molecule has 0 spiro atoms. The summed E-state index contributed by atoms with van der Waals surface area (Å²) in [6, 6.07) is -0.685. The zero-order valence-electron chi connectivity index (χ0n) is 8.90. The van der Waals surface area contributed by atoms with E-state index in [0.29, 0.717) is 0 Å². The van der Waals surface area contributed by atoms with Crippen LogP contribution in [-0.4, -0.2) is 59.1 Å². The molecule has 1 amide bonds. The van der Waals surface area contributed by atoms with Crippen molar-refractivity contribution < 1.29 is 19.4 Å². The van der Waals surface area contributed by atoms with Gasteiger partial charge in [0.2, 0.25) is 0 Å². The number of aliphatic carboxylic acids is 1. The maximum absolute atomic E-state index is 11.2. The number of ether oxygens (including phenoxy) is 1. The predicted molar refractivity (Wildman–Crippen MR) is 50.1 cm³/mol. The van der Waals surface area contributed by atoms with Crippen molar-refractivity contribution in [2.24, 2.45) is 0 Å². The minimum Gasteiger partial charge on any atom is -0.480 e. The van der Waals surface area contributed by atoms with Gasteiger partial charge in [0, 0.05) is 18.9 Å². The summed E-state index contributed by atoms with van der Waals surface area (Å²) in [6.45, 7) is 5.47. The molecule has 1 aliphatic rings. The van der Waals surface area contributed by atoms with E-state index in [2.05, 4.69) is 0 Å². The van der Waals surface area contributed by atoms with Crippen molar-refractivity contribution in [3.05, 3.63) is 0 Å². The molecule has 1 unspecified atom stereocenters. The fourth-order valence-electron chi connectivity index (χ4n) is 0.873. The number of carbonyl (C=O) groups is 2. The Morgan fingerprint density at radius 2 is 1.93 bits per heavy atom. The Morgan fingerprint density at radius 1 is 1.43 bits per heavy atom. The van der Waals surface area contributed by atoms with E-state index in [1.807, 2.05) is 0 Å². The van der Waals surface area contributed by atoms with Crippen molar-refractivity contribution in [1.29, 1.82) is 0 Å². The molecule has 75 valence electrons. The van der Waals surface area contributed by atoms with E-state index >= 15 is 0 Å². The normalized spacial score (nSPS) is 19.6. The van der Waals surface area contributed by atoms with E-state index in [-0.39, 0.29) is 25.4 Å². The predicted octanol–water partition coefficient (Wildman–Crippen LogP) is 0.310. The Morgan fingerprint density at radius 3 is 2.21 bits per heavy atom. The zero-order valence-corrected chi connectivity index (χ0v) is 8.90. The van der Waals surface area contributed by atoms with E-state index in [1.54, 1.807) is 20.8 Å². The third kappa shape index (κ3) is 3.60. The number of hydrogen-bond acceptors (Lipinski definition) is 3. The fourth-order valence-corrected chi connectivity index (χ4v) is 0.873. The molecule has 1 atom stereocenters. The first-order valence-corrected chi connectivity index (χ1v) is 4.04. The Hall–Kier alpha value is -0.663. The largest absolute Gasteiger partial charge is 0.480 e. The molecule has 0 aliphatic carbocycles. The summed E-state index contributed by atoms with van der Waals surface area (Å²) < 4.78 is 4.97. The van der Waals surface area contributed by atoms with Crippen LogP contribution in [0.3, 0.4) is 0 Å².